The number of aromatic nitrogens is 1. The van der Waals surface area contributed by atoms with Gasteiger partial charge < -0.3 is 20.9 Å². The minimum absolute atomic E-state index is 0.0985. The van der Waals surface area contributed by atoms with Crippen LogP contribution in [-0.2, 0) is 9.59 Å². The van der Waals surface area contributed by atoms with Gasteiger partial charge in [-0.1, -0.05) is 60.7 Å². The van der Waals surface area contributed by atoms with E-state index in [1.807, 2.05) is 93.5 Å². The Morgan fingerprint density at radius 3 is 2.39 bits per heavy atom. The first kappa shape index (κ1) is 32.5. The van der Waals surface area contributed by atoms with Gasteiger partial charge in [0, 0.05) is 35.9 Å². The summed E-state index contributed by atoms with van der Waals surface area (Å²) in [7, 11) is 3.91. The number of nitrogens with zero attached hydrogens (tertiary/aromatic N) is 2. The van der Waals surface area contributed by atoms with E-state index in [0.717, 1.165) is 31.9 Å². The van der Waals surface area contributed by atoms with E-state index in [9.17, 15) is 14.4 Å². The molecule has 234 valence electrons. The van der Waals surface area contributed by atoms with Crippen molar-refractivity contribution in [2.24, 2.45) is 0 Å². The topological polar surface area (TPSA) is 103 Å². The minimum Gasteiger partial charge on any atom is -0.378 e. The third-order valence-corrected chi connectivity index (χ3v) is 9.35. The van der Waals surface area contributed by atoms with Gasteiger partial charge in [0.2, 0.25) is 5.91 Å². The van der Waals surface area contributed by atoms with Crippen molar-refractivity contribution in [1.82, 2.24) is 10.3 Å². The van der Waals surface area contributed by atoms with E-state index in [0.29, 0.717) is 22.8 Å². The zero-order valence-corrected chi connectivity index (χ0v) is 27.7. The van der Waals surface area contributed by atoms with Gasteiger partial charge in [-0.2, -0.15) is 0 Å². The van der Waals surface area contributed by atoms with Crippen LogP contribution in [0, 0.1) is 6.92 Å². The van der Waals surface area contributed by atoms with Gasteiger partial charge in [0.25, 0.3) is 11.8 Å². The molecule has 5 aromatic rings. The number of nitrogens with one attached hydrogen (secondary N) is 3. The lowest BCUT2D eigenvalue weighted by Crippen LogP contribution is -2.30. The zero-order valence-electron chi connectivity index (χ0n) is 26.0. The molecule has 5 rings (SSSR count). The molecule has 0 aliphatic carbocycles. The number of benzene rings is 4. The van der Waals surface area contributed by atoms with E-state index in [4.69, 9.17) is 0 Å². The summed E-state index contributed by atoms with van der Waals surface area (Å²) in [4.78, 5) is 47.2. The number of amides is 3. The average molecular weight is 650 g/mol. The van der Waals surface area contributed by atoms with E-state index < -0.39 is 11.8 Å². The lowest BCUT2D eigenvalue weighted by molar-refractivity contribution is -0.116. The van der Waals surface area contributed by atoms with Gasteiger partial charge in [-0.15, -0.1) is 11.8 Å². The highest BCUT2D eigenvalue weighted by molar-refractivity contribution is 8.00. The van der Waals surface area contributed by atoms with Crippen LogP contribution in [0.15, 0.2) is 108 Å². The fraction of sp³-hybridized carbons (Fsp3) is 0.167. The van der Waals surface area contributed by atoms with Gasteiger partial charge in [-0.25, -0.2) is 4.98 Å². The van der Waals surface area contributed by atoms with Gasteiger partial charge in [-0.3, -0.25) is 14.4 Å². The van der Waals surface area contributed by atoms with Gasteiger partial charge >= 0.3 is 0 Å². The number of carbonyl (C=O) groups excluding carboxylic acids is 3. The molecule has 1 aromatic heterocycles. The van der Waals surface area contributed by atoms with Crippen LogP contribution in [0.2, 0.25) is 0 Å². The number of hydrogen-bond acceptors (Lipinski definition) is 7. The van der Waals surface area contributed by atoms with Crippen LogP contribution in [0.25, 0.3) is 16.3 Å². The number of aryl methyl sites for hydroxylation is 1. The Kier molecular flexibility index (Phi) is 10.5. The molecule has 3 amide bonds. The first-order valence-corrected chi connectivity index (χ1v) is 16.5. The Bertz CT molecular complexity index is 1890. The summed E-state index contributed by atoms with van der Waals surface area (Å²) in [6, 6.07) is 29.7. The molecule has 0 saturated heterocycles. The molecule has 0 saturated carbocycles. The van der Waals surface area contributed by atoms with Crippen molar-refractivity contribution in [1.29, 1.82) is 0 Å². The monoisotopic (exact) mass is 649 g/mol. The second-order valence-electron chi connectivity index (χ2n) is 10.8. The van der Waals surface area contributed by atoms with E-state index in [1.54, 1.807) is 36.4 Å². The van der Waals surface area contributed by atoms with E-state index in [1.165, 1.54) is 23.1 Å². The molecule has 0 spiro atoms. The van der Waals surface area contributed by atoms with Gasteiger partial charge in [0.15, 0.2) is 5.13 Å². The average Bonchev–Trinajstić information content (AvgIpc) is 3.45. The summed E-state index contributed by atoms with van der Waals surface area (Å²) in [6.45, 7) is 3.99. The molecule has 0 radical (unpaired) electrons. The molecule has 1 unspecified atom stereocenters. The summed E-state index contributed by atoms with van der Waals surface area (Å²) in [5, 5.41) is 8.87. The Hall–Kier alpha value is -4.93. The molecule has 0 fully saturated rings. The van der Waals surface area contributed by atoms with Gasteiger partial charge in [-0.05, 0) is 85.1 Å². The zero-order chi connectivity index (χ0) is 32.6. The number of carbonyl (C=O) groups is 3. The van der Waals surface area contributed by atoms with Crippen LogP contribution in [-0.4, -0.2) is 42.1 Å². The molecule has 0 bridgehead atoms. The number of thioether (sulfide) groups is 1. The molecule has 1 heterocycles. The van der Waals surface area contributed by atoms with Crippen LogP contribution >= 0.6 is 23.1 Å². The standard InChI is InChI=1S/C36H35N5O3S2/c1-5-31(35(44)40-36-39-29-19-14-23(2)20-32(29)46-36)45-28-13-9-12-26(22-28)37-34(43)30(38-33(42)25-10-7-6-8-11-25)21-24-15-17-27(18-16-24)41(3)4/h6-22,31H,5H2,1-4H3,(H,37,43)(H,38,42)(H,39,40,44)/b30-21+. The fourth-order valence-corrected chi connectivity index (χ4v) is 6.56. The molecular weight excluding hydrogens is 615 g/mol. The molecule has 10 heteroatoms. The second-order valence-corrected chi connectivity index (χ2v) is 13.1. The van der Waals surface area contributed by atoms with Crippen LogP contribution in [0.1, 0.15) is 34.8 Å². The predicted octanol–water partition coefficient (Wildman–Crippen LogP) is 7.59. The predicted molar refractivity (Wildman–Crippen MR) is 191 cm³/mol. The maximum absolute atomic E-state index is 13.6. The minimum atomic E-state index is -0.473. The smallest absolute Gasteiger partial charge is 0.272 e. The highest BCUT2D eigenvalue weighted by Crippen LogP contribution is 2.31. The molecule has 0 aliphatic heterocycles. The maximum Gasteiger partial charge on any atom is 0.272 e. The first-order chi connectivity index (χ1) is 22.2. The van der Waals surface area contributed by atoms with E-state index in [2.05, 4.69) is 27.0 Å². The lowest BCUT2D eigenvalue weighted by Gasteiger charge is -2.15. The Morgan fingerprint density at radius 1 is 0.913 bits per heavy atom. The number of thiazole rings is 1. The Balaban J connectivity index is 1.30. The Morgan fingerprint density at radius 2 is 1.67 bits per heavy atom. The van der Waals surface area contributed by atoms with E-state index >= 15 is 0 Å². The molecule has 4 aromatic carbocycles. The number of fused-ring (bicyclic) bond motifs is 1. The number of rotatable bonds is 11. The molecule has 0 aliphatic rings. The van der Waals surface area contributed by atoms with Crippen molar-refractivity contribution in [2.75, 3.05) is 29.6 Å². The molecular formula is C36H35N5O3S2. The molecule has 8 nitrogen and oxygen atoms in total. The van der Waals surface area contributed by atoms with Crippen molar-refractivity contribution < 1.29 is 14.4 Å². The van der Waals surface area contributed by atoms with Gasteiger partial charge in [0.05, 0.1) is 15.5 Å². The summed E-state index contributed by atoms with van der Waals surface area (Å²) in [6.07, 6.45) is 2.25. The third kappa shape index (κ3) is 8.41. The quantitative estimate of drug-likeness (QED) is 0.101. The van der Waals surface area contributed by atoms with Crippen molar-refractivity contribution in [2.45, 2.75) is 30.4 Å². The molecule has 3 N–H and O–H groups in total. The van der Waals surface area contributed by atoms with E-state index in [-0.39, 0.29) is 16.9 Å². The number of hydrogen-bond donors (Lipinski definition) is 3. The highest BCUT2D eigenvalue weighted by atomic mass is 32.2. The van der Waals surface area contributed by atoms with Crippen molar-refractivity contribution in [3.05, 3.63) is 119 Å². The largest absolute Gasteiger partial charge is 0.378 e. The molecule has 1 atom stereocenters. The van der Waals surface area contributed by atoms with Crippen LogP contribution in [0.3, 0.4) is 0 Å². The summed E-state index contributed by atoms with van der Waals surface area (Å²) in [5.74, 6) is -0.998. The summed E-state index contributed by atoms with van der Waals surface area (Å²) < 4.78 is 1.03. The SMILES string of the molecule is CCC(Sc1cccc(NC(=O)/C(=C\c2ccc(N(C)C)cc2)NC(=O)c2ccccc2)c1)C(=O)Nc1nc2ccc(C)cc2s1. The van der Waals surface area contributed by atoms with Crippen molar-refractivity contribution in [3.8, 4) is 0 Å². The van der Waals surface area contributed by atoms with Crippen LogP contribution in [0.5, 0.6) is 0 Å². The van der Waals surface area contributed by atoms with Crippen molar-refractivity contribution in [3.63, 3.8) is 0 Å². The Labute approximate surface area is 276 Å². The third-order valence-electron chi connectivity index (χ3n) is 7.06. The normalized spacial score (nSPS) is 12.0. The fourth-order valence-electron chi connectivity index (χ4n) is 4.58. The summed E-state index contributed by atoms with van der Waals surface area (Å²) >= 11 is 2.87. The van der Waals surface area contributed by atoms with Crippen LogP contribution in [0.4, 0.5) is 16.5 Å². The second kappa shape index (κ2) is 14.9. The lowest BCUT2D eigenvalue weighted by atomic mass is 10.1. The van der Waals surface area contributed by atoms with Crippen molar-refractivity contribution >= 4 is 73.6 Å². The van der Waals surface area contributed by atoms with Crippen LogP contribution < -0.4 is 20.9 Å². The maximum atomic E-state index is 13.6. The first-order valence-electron chi connectivity index (χ1n) is 14.8. The highest BCUT2D eigenvalue weighted by Gasteiger charge is 2.21. The summed E-state index contributed by atoms with van der Waals surface area (Å²) in [5.41, 5.74) is 4.84. The number of anilines is 3. The van der Waals surface area contributed by atoms with Gasteiger partial charge in [0.1, 0.15) is 5.70 Å². The molecule has 46 heavy (non-hydrogen) atoms.